The van der Waals surface area contributed by atoms with Crippen LogP contribution in [-0.4, -0.2) is 47.3 Å². The predicted octanol–water partition coefficient (Wildman–Crippen LogP) is 6.81. The lowest BCUT2D eigenvalue weighted by atomic mass is 10.1. The molecule has 2 aliphatic heterocycles. The average molecular weight is 534 g/mol. The van der Waals surface area contributed by atoms with E-state index in [1.165, 1.54) is 16.8 Å². The van der Waals surface area contributed by atoms with E-state index in [1.54, 1.807) is 0 Å². The van der Waals surface area contributed by atoms with Gasteiger partial charge in [-0.1, -0.05) is 41.4 Å². The minimum atomic E-state index is 0.316. The van der Waals surface area contributed by atoms with Crippen molar-refractivity contribution < 1.29 is 9.47 Å². The fourth-order valence-electron chi connectivity index (χ4n) is 5.22. The average Bonchev–Trinajstić information content (AvgIpc) is 3.50. The molecule has 0 saturated carbocycles. The Morgan fingerprint density at radius 3 is 2.03 bits per heavy atom. The van der Waals surface area contributed by atoms with Crippen molar-refractivity contribution in [1.29, 1.82) is 0 Å². The summed E-state index contributed by atoms with van der Waals surface area (Å²) in [5.41, 5.74) is 7.25. The molecule has 1 saturated heterocycles. The SMILES string of the molecule is Cc1c(CN2CCN(Cc3ccc4c(c3)OCO4)CC2)cc(-c2ccc(Cl)cc2)n1-c1ccc(Cl)cc1. The fraction of sp³-hybridized carbons (Fsp3) is 0.267. The lowest BCUT2D eigenvalue weighted by Crippen LogP contribution is -2.45. The Morgan fingerprint density at radius 1 is 0.703 bits per heavy atom. The highest BCUT2D eigenvalue weighted by Crippen LogP contribution is 2.34. The standard InChI is InChI=1S/C30H29Cl2N3O2/c1-21-24(17-28(23-3-5-25(31)6-4-23)35(21)27-9-7-26(32)8-10-27)19-34-14-12-33(13-15-34)18-22-2-11-29-30(16-22)37-20-36-29/h2-11,16-17H,12-15,18-20H2,1H3. The summed E-state index contributed by atoms with van der Waals surface area (Å²) in [6.45, 7) is 8.52. The number of nitrogens with zero attached hydrogens (tertiary/aromatic N) is 3. The van der Waals surface area contributed by atoms with E-state index in [2.05, 4.69) is 63.8 Å². The number of piperazine rings is 1. The second-order valence-corrected chi connectivity index (χ2v) is 10.6. The number of hydrogen-bond donors (Lipinski definition) is 0. The van der Waals surface area contributed by atoms with Crippen LogP contribution in [0.25, 0.3) is 16.9 Å². The maximum Gasteiger partial charge on any atom is 0.231 e. The molecule has 0 amide bonds. The van der Waals surface area contributed by atoms with Gasteiger partial charge in [0.05, 0.1) is 5.69 Å². The van der Waals surface area contributed by atoms with E-state index in [-0.39, 0.29) is 0 Å². The Hall–Kier alpha value is -2.96. The number of rotatable bonds is 6. The highest BCUT2D eigenvalue weighted by Gasteiger charge is 2.22. The molecule has 5 nitrogen and oxygen atoms in total. The zero-order chi connectivity index (χ0) is 25.4. The van der Waals surface area contributed by atoms with Gasteiger partial charge in [-0.05, 0) is 78.2 Å². The third kappa shape index (κ3) is 5.23. The number of aromatic nitrogens is 1. The van der Waals surface area contributed by atoms with Gasteiger partial charge in [0.25, 0.3) is 0 Å². The molecule has 0 unspecified atom stereocenters. The molecule has 190 valence electrons. The Bertz CT molecular complexity index is 1390. The Kier molecular flexibility index (Phi) is 6.87. The van der Waals surface area contributed by atoms with Crippen LogP contribution >= 0.6 is 23.2 Å². The van der Waals surface area contributed by atoms with Gasteiger partial charge in [0.1, 0.15) is 0 Å². The number of halogens is 2. The van der Waals surface area contributed by atoms with Gasteiger partial charge in [-0.25, -0.2) is 0 Å². The molecule has 0 spiro atoms. The van der Waals surface area contributed by atoms with Gasteiger partial charge in [0.15, 0.2) is 11.5 Å². The summed E-state index contributed by atoms with van der Waals surface area (Å²) in [5, 5.41) is 1.48. The van der Waals surface area contributed by atoms with Crippen molar-refractivity contribution >= 4 is 23.2 Å². The Labute approximate surface area is 227 Å². The summed E-state index contributed by atoms with van der Waals surface area (Å²) in [7, 11) is 0. The Morgan fingerprint density at radius 2 is 1.32 bits per heavy atom. The highest BCUT2D eigenvalue weighted by molar-refractivity contribution is 6.30. The van der Waals surface area contributed by atoms with Gasteiger partial charge in [-0.3, -0.25) is 9.80 Å². The number of ether oxygens (including phenoxy) is 2. The lowest BCUT2D eigenvalue weighted by molar-refractivity contribution is 0.122. The minimum absolute atomic E-state index is 0.316. The van der Waals surface area contributed by atoms with Crippen LogP contribution in [0.1, 0.15) is 16.8 Å². The lowest BCUT2D eigenvalue weighted by Gasteiger charge is -2.34. The Balaban J connectivity index is 1.18. The summed E-state index contributed by atoms with van der Waals surface area (Å²) in [4.78, 5) is 5.06. The van der Waals surface area contributed by atoms with Gasteiger partial charge in [0, 0.05) is 60.7 Å². The molecule has 1 aromatic heterocycles. The predicted molar refractivity (Wildman–Crippen MR) is 149 cm³/mol. The number of hydrogen-bond acceptors (Lipinski definition) is 4. The molecule has 0 radical (unpaired) electrons. The summed E-state index contributed by atoms with van der Waals surface area (Å²) >= 11 is 12.4. The van der Waals surface area contributed by atoms with Crippen molar-refractivity contribution in [3.63, 3.8) is 0 Å². The van der Waals surface area contributed by atoms with Crippen LogP contribution in [0, 0.1) is 6.92 Å². The van der Waals surface area contributed by atoms with E-state index in [4.69, 9.17) is 32.7 Å². The second kappa shape index (κ2) is 10.4. The number of fused-ring (bicyclic) bond motifs is 1. The number of benzene rings is 3. The van der Waals surface area contributed by atoms with E-state index in [1.807, 2.05) is 30.3 Å². The monoisotopic (exact) mass is 533 g/mol. The van der Waals surface area contributed by atoms with Crippen molar-refractivity contribution in [2.45, 2.75) is 20.0 Å². The normalized spacial score (nSPS) is 15.9. The first kappa shape index (κ1) is 24.4. The van der Waals surface area contributed by atoms with Crippen molar-refractivity contribution in [2.75, 3.05) is 33.0 Å². The van der Waals surface area contributed by atoms with Crippen LogP contribution in [-0.2, 0) is 13.1 Å². The van der Waals surface area contributed by atoms with E-state index < -0.39 is 0 Å². The molecule has 7 heteroatoms. The molecule has 1 fully saturated rings. The third-order valence-electron chi connectivity index (χ3n) is 7.28. The van der Waals surface area contributed by atoms with E-state index >= 15 is 0 Å². The van der Waals surface area contributed by atoms with Crippen molar-refractivity contribution in [1.82, 2.24) is 14.4 Å². The molecule has 2 aliphatic rings. The smallest absolute Gasteiger partial charge is 0.231 e. The molecule has 3 aromatic carbocycles. The molecule has 0 atom stereocenters. The molecular formula is C30H29Cl2N3O2. The zero-order valence-electron chi connectivity index (χ0n) is 20.8. The molecule has 0 bridgehead atoms. The van der Waals surface area contributed by atoms with Crippen LogP contribution < -0.4 is 9.47 Å². The molecule has 6 rings (SSSR count). The summed E-state index contributed by atoms with van der Waals surface area (Å²) in [6.07, 6.45) is 0. The van der Waals surface area contributed by atoms with Crippen LogP contribution in [0.2, 0.25) is 10.0 Å². The van der Waals surface area contributed by atoms with Crippen molar-refractivity contribution in [2.24, 2.45) is 0 Å². The summed E-state index contributed by atoms with van der Waals surface area (Å²) in [6, 6.07) is 24.7. The van der Waals surface area contributed by atoms with Crippen LogP contribution in [0.3, 0.4) is 0 Å². The maximum absolute atomic E-state index is 6.19. The van der Waals surface area contributed by atoms with Crippen LogP contribution in [0.15, 0.2) is 72.8 Å². The quantitative estimate of drug-likeness (QED) is 0.272. The summed E-state index contributed by atoms with van der Waals surface area (Å²) in [5.74, 6) is 1.70. The summed E-state index contributed by atoms with van der Waals surface area (Å²) < 4.78 is 13.3. The van der Waals surface area contributed by atoms with E-state index in [0.29, 0.717) is 6.79 Å². The topological polar surface area (TPSA) is 29.9 Å². The largest absolute Gasteiger partial charge is 0.454 e. The second-order valence-electron chi connectivity index (χ2n) is 9.70. The third-order valence-corrected chi connectivity index (χ3v) is 7.78. The van der Waals surface area contributed by atoms with Crippen LogP contribution in [0.4, 0.5) is 0 Å². The molecule has 37 heavy (non-hydrogen) atoms. The first-order valence-electron chi connectivity index (χ1n) is 12.6. The molecular weight excluding hydrogens is 505 g/mol. The first-order valence-corrected chi connectivity index (χ1v) is 13.4. The first-order chi connectivity index (χ1) is 18.0. The van der Waals surface area contributed by atoms with Crippen molar-refractivity contribution in [3.05, 3.63) is 99.7 Å². The van der Waals surface area contributed by atoms with E-state index in [9.17, 15) is 0 Å². The van der Waals surface area contributed by atoms with E-state index in [0.717, 1.165) is 77.8 Å². The van der Waals surface area contributed by atoms with Gasteiger partial charge >= 0.3 is 0 Å². The highest BCUT2D eigenvalue weighted by atomic mass is 35.5. The van der Waals surface area contributed by atoms with Gasteiger partial charge < -0.3 is 14.0 Å². The molecule has 3 heterocycles. The molecule has 0 aliphatic carbocycles. The van der Waals surface area contributed by atoms with Gasteiger partial charge in [-0.15, -0.1) is 0 Å². The van der Waals surface area contributed by atoms with Gasteiger partial charge in [0.2, 0.25) is 6.79 Å². The van der Waals surface area contributed by atoms with Gasteiger partial charge in [-0.2, -0.15) is 0 Å². The fourth-order valence-corrected chi connectivity index (χ4v) is 5.47. The van der Waals surface area contributed by atoms with Crippen molar-refractivity contribution in [3.8, 4) is 28.4 Å². The minimum Gasteiger partial charge on any atom is -0.454 e. The molecule has 0 N–H and O–H groups in total. The zero-order valence-corrected chi connectivity index (χ0v) is 22.3. The maximum atomic E-state index is 6.19. The van der Waals surface area contributed by atoms with Crippen LogP contribution in [0.5, 0.6) is 11.5 Å². The molecule has 4 aromatic rings.